The molecular formula is C12H24N4O. The van der Waals surface area contributed by atoms with E-state index in [4.69, 9.17) is 4.74 Å². The highest BCUT2D eigenvalue weighted by Gasteiger charge is 2.08. The third kappa shape index (κ3) is 4.02. The third-order valence-corrected chi connectivity index (χ3v) is 2.65. The molecule has 1 aromatic heterocycles. The van der Waals surface area contributed by atoms with Crippen LogP contribution in [0.3, 0.4) is 0 Å². The fourth-order valence-corrected chi connectivity index (χ4v) is 1.76. The molecule has 1 rings (SSSR count). The summed E-state index contributed by atoms with van der Waals surface area (Å²) in [5.41, 5.74) is 1.18. The second kappa shape index (κ2) is 6.61. The molecule has 0 aliphatic carbocycles. The first-order valence-corrected chi connectivity index (χ1v) is 6.06. The van der Waals surface area contributed by atoms with Crippen molar-refractivity contribution >= 4 is 5.95 Å². The first-order chi connectivity index (χ1) is 8.06. The minimum Gasteiger partial charge on any atom is -0.377 e. The van der Waals surface area contributed by atoms with Crippen LogP contribution in [0.4, 0.5) is 5.95 Å². The molecule has 1 aromatic rings. The smallest absolute Gasteiger partial charge is 0.204 e. The number of rotatable bonds is 7. The van der Waals surface area contributed by atoms with Gasteiger partial charge in [-0.2, -0.15) is 0 Å². The molecule has 1 unspecified atom stereocenters. The van der Waals surface area contributed by atoms with E-state index in [1.165, 1.54) is 5.69 Å². The van der Waals surface area contributed by atoms with E-state index in [0.29, 0.717) is 0 Å². The maximum atomic E-state index is 5.46. The van der Waals surface area contributed by atoms with Crippen LogP contribution in [-0.2, 0) is 18.3 Å². The number of nitrogens with one attached hydrogen (secondary N) is 1. The van der Waals surface area contributed by atoms with Gasteiger partial charge in [-0.1, -0.05) is 0 Å². The number of anilines is 1. The van der Waals surface area contributed by atoms with Gasteiger partial charge in [0.1, 0.15) is 0 Å². The highest BCUT2D eigenvalue weighted by atomic mass is 16.5. The molecule has 0 aromatic carbocycles. The lowest BCUT2D eigenvalue weighted by atomic mass is 10.4. The van der Waals surface area contributed by atoms with Crippen molar-refractivity contribution in [2.75, 3.05) is 32.1 Å². The summed E-state index contributed by atoms with van der Waals surface area (Å²) in [5, 5.41) is 3.37. The van der Waals surface area contributed by atoms with Gasteiger partial charge in [0.2, 0.25) is 5.95 Å². The Hall–Kier alpha value is -1.07. The quantitative estimate of drug-likeness (QED) is 0.772. The van der Waals surface area contributed by atoms with Crippen molar-refractivity contribution in [1.29, 1.82) is 0 Å². The predicted octanol–water partition coefficient (Wildman–Crippen LogP) is 1.00. The van der Waals surface area contributed by atoms with Crippen LogP contribution >= 0.6 is 0 Å². The van der Waals surface area contributed by atoms with Gasteiger partial charge in [0.25, 0.3) is 0 Å². The molecule has 0 aliphatic heterocycles. The maximum Gasteiger partial charge on any atom is 0.204 e. The summed E-state index contributed by atoms with van der Waals surface area (Å²) in [6.07, 6.45) is 2.16. The molecule has 0 amide bonds. The van der Waals surface area contributed by atoms with Crippen LogP contribution in [0.15, 0.2) is 6.20 Å². The molecule has 0 saturated carbocycles. The molecule has 0 fully saturated rings. The fraction of sp³-hybridized carbons (Fsp3) is 0.750. The molecule has 1 N–H and O–H groups in total. The zero-order valence-corrected chi connectivity index (χ0v) is 11.5. The van der Waals surface area contributed by atoms with Crippen LogP contribution in [0.2, 0.25) is 0 Å². The van der Waals surface area contributed by atoms with Crippen LogP contribution < -0.4 is 10.2 Å². The summed E-state index contributed by atoms with van der Waals surface area (Å²) < 4.78 is 7.56. The summed E-state index contributed by atoms with van der Waals surface area (Å²) in [6, 6.07) is 0. The van der Waals surface area contributed by atoms with Crippen LogP contribution in [0, 0.1) is 0 Å². The van der Waals surface area contributed by atoms with Crippen molar-refractivity contribution < 1.29 is 4.74 Å². The largest absolute Gasteiger partial charge is 0.377 e. The molecule has 0 radical (unpaired) electrons. The van der Waals surface area contributed by atoms with E-state index >= 15 is 0 Å². The summed E-state index contributed by atoms with van der Waals surface area (Å²) >= 11 is 0. The van der Waals surface area contributed by atoms with Crippen LogP contribution in [0.5, 0.6) is 0 Å². The highest BCUT2D eigenvalue weighted by molar-refractivity contribution is 5.30. The molecule has 0 aliphatic rings. The molecule has 5 heteroatoms. The topological polar surface area (TPSA) is 42.3 Å². The van der Waals surface area contributed by atoms with Crippen molar-refractivity contribution in [3.63, 3.8) is 0 Å². The minimum atomic E-state index is 0.251. The van der Waals surface area contributed by atoms with Crippen LogP contribution in [-0.4, -0.2) is 42.9 Å². The minimum absolute atomic E-state index is 0.251. The second-order valence-electron chi connectivity index (χ2n) is 4.40. The van der Waals surface area contributed by atoms with Gasteiger partial charge < -0.3 is 19.5 Å². The van der Waals surface area contributed by atoms with E-state index < -0.39 is 0 Å². The van der Waals surface area contributed by atoms with Crippen molar-refractivity contribution in [2.24, 2.45) is 7.05 Å². The fourth-order valence-electron chi connectivity index (χ4n) is 1.76. The van der Waals surface area contributed by atoms with Gasteiger partial charge in [-0.3, -0.25) is 0 Å². The molecule has 5 nitrogen and oxygen atoms in total. The molecule has 98 valence electrons. The monoisotopic (exact) mass is 240 g/mol. The standard InChI is InChI=1S/C12H24N4O/c1-6-17-10(2)7-13-8-11-9-14-12(15(3)4)16(11)5/h9-10,13H,6-8H2,1-5H3. The molecule has 1 atom stereocenters. The van der Waals surface area contributed by atoms with E-state index in [1.807, 2.05) is 39.2 Å². The number of imidazole rings is 1. The zero-order valence-electron chi connectivity index (χ0n) is 11.5. The molecular weight excluding hydrogens is 216 g/mol. The Morgan fingerprint density at radius 2 is 2.24 bits per heavy atom. The predicted molar refractivity (Wildman–Crippen MR) is 70.3 cm³/mol. The van der Waals surface area contributed by atoms with Gasteiger partial charge in [0.15, 0.2) is 0 Å². The summed E-state index contributed by atoms with van der Waals surface area (Å²) in [4.78, 5) is 6.37. The van der Waals surface area contributed by atoms with E-state index in [9.17, 15) is 0 Å². The Morgan fingerprint density at radius 1 is 1.53 bits per heavy atom. The Balaban J connectivity index is 2.42. The number of nitrogens with zero attached hydrogens (tertiary/aromatic N) is 3. The number of ether oxygens (including phenoxy) is 1. The lowest BCUT2D eigenvalue weighted by Gasteiger charge is -2.14. The number of aromatic nitrogens is 2. The molecule has 0 bridgehead atoms. The third-order valence-electron chi connectivity index (χ3n) is 2.65. The Bertz CT molecular complexity index is 335. The zero-order chi connectivity index (χ0) is 12.8. The van der Waals surface area contributed by atoms with Gasteiger partial charge in [-0.25, -0.2) is 4.98 Å². The van der Waals surface area contributed by atoms with Crippen LogP contribution in [0.25, 0.3) is 0 Å². The highest BCUT2D eigenvalue weighted by Crippen LogP contribution is 2.10. The van der Waals surface area contributed by atoms with Gasteiger partial charge >= 0.3 is 0 Å². The Kier molecular flexibility index (Phi) is 5.44. The first kappa shape index (κ1) is 14.0. The summed E-state index contributed by atoms with van der Waals surface area (Å²) in [7, 11) is 6.03. The molecule has 0 spiro atoms. The van der Waals surface area contributed by atoms with E-state index in [-0.39, 0.29) is 6.10 Å². The Labute approximate surface area is 104 Å². The normalized spacial score (nSPS) is 12.8. The van der Waals surface area contributed by atoms with E-state index in [1.54, 1.807) is 0 Å². The van der Waals surface area contributed by atoms with Crippen molar-refractivity contribution in [2.45, 2.75) is 26.5 Å². The van der Waals surface area contributed by atoms with Crippen LogP contribution in [0.1, 0.15) is 19.5 Å². The summed E-state index contributed by atoms with van der Waals surface area (Å²) in [5.74, 6) is 0.972. The average Bonchev–Trinajstić information content (AvgIpc) is 2.61. The molecule has 0 saturated heterocycles. The molecule has 1 heterocycles. The molecule has 17 heavy (non-hydrogen) atoms. The van der Waals surface area contributed by atoms with Crippen molar-refractivity contribution in [3.05, 3.63) is 11.9 Å². The van der Waals surface area contributed by atoms with E-state index in [2.05, 4.69) is 21.8 Å². The van der Waals surface area contributed by atoms with Gasteiger partial charge in [0, 0.05) is 40.8 Å². The lowest BCUT2D eigenvalue weighted by molar-refractivity contribution is 0.0758. The second-order valence-corrected chi connectivity index (χ2v) is 4.40. The summed E-state index contributed by atoms with van der Waals surface area (Å²) in [6.45, 7) is 6.52. The number of hydrogen-bond donors (Lipinski definition) is 1. The Morgan fingerprint density at radius 3 is 2.76 bits per heavy atom. The van der Waals surface area contributed by atoms with E-state index in [0.717, 1.165) is 25.6 Å². The first-order valence-electron chi connectivity index (χ1n) is 6.06. The van der Waals surface area contributed by atoms with Gasteiger partial charge in [0.05, 0.1) is 18.0 Å². The number of hydrogen-bond acceptors (Lipinski definition) is 4. The van der Waals surface area contributed by atoms with Crippen molar-refractivity contribution in [1.82, 2.24) is 14.9 Å². The SMILES string of the molecule is CCOC(C)CNCc1cnc(N(C)C)n1C. The average molecular weight is 240 g/mol. The van der Waals surface area contributed by atoms with Gasteiger partial charge in [-0.15, -0.1) is 0 Å². The van der Waals surface area contributed by atoms with Gasteiger partial charge in [-0.05, 0) is 13.8 Å². The maximum absolute atomic E-state index is 5.46. The lowest BCUT2D eigenvalue weighted by Crippen LogP contribution is -2.27. The van der Waals surface area contributed by atoms with Crippen molar-refractivity contribution in [3.8, 4) is 0 Å².